The number of aromatic nitrogens is 1. The van der Waals surface area contributed by atoms with Crippen LogP contribution in [0.4, 0.5) is 23.2 Å². The normalized spacial score (nSPS) is 11.6. The lowest BCUT2D eigenvalue weighted by molar-refractivity contribution is -0.137. The predicted octanol–water partition coefficient (Wildman–Crippen LogP) is 3.97. The average molecular weight is 288 g/mol. The molecular weight excluding hydrogens is 280 g/mol. The lowest BCUT2D eigenvalue weighted by Crippen LogP contribution is -2.05. The number of nitrogen functional groups attached to an aromatic ring is 1. The number of benzene rings is 1. The molecule has 2 rings (SSSR count). The van der Waals surface area contributed by atoms with E-state index >= 15 is 0 Å². The molecule has 0 spiro atoms. The Bertz CT molecular complexity index is 599. The van der Waals surface area contributed by atoms with Gasteiger partial charge in [-0.1, -0.05) is 11.8 Å². The third-order valence-electron chi connectivity index (χ3n) is 2.22. The van der Waals surface area contributed by atoms with Gasteiger partial charge >= 0.3 is 6.18 Å². The number of rotatable bonds is 2. The molecule has 0 bridgehead atoms. The van der Waals surface area contributed by atoms with E-state index in [0.29, 0.717) is 16.6 Å². The Morgan fingerprint density at radius 1 is 1.11 bits per heavy atom. The second kappa shape index (κ2) is 5.08. The second-order valence-corrected chi connectivity index (χ2v) is 4.81. The minimum absolute atomic E-state index is 0.0837. The van der Waals surface area contributed by atoms with Gasteiger partial charge in [0.1, 0.15) is 5.82 Å². The van der Waals surface area contributed by atoms with Crippen LogP contribution in [0.25, 0.3) is 0 Å². The fourth-order valence-electron chi connectivity index (χ4n) is 1.38. The largest absolute Gasteiger partial charge is 0.416 e. The topological polar surface area (TPSA) is 38.9 Å². The fourth-order valence-corrected chi connectivity index (χ4v) is 2.23. The first-order valence-electron chi connectivity index (χ1n) is 5.11. The van der Waals surface area contributed by atoms with Crippen molar-refractivity contribution < 1.29 is 17.6 Å². The lowest BCUT2D eigenvalue weighted by atomic mass is 10.2. The highest BCUT2D eigenvalue weighted by molar-refractivity contribution is 7.99. The molecule has 0 radical (unpaired) electrons. The summed E-state index contributed by atoms with van der Waals surface area (Å²) in [6.07, 6.45) is -1.67. The van der Waals surface area contributed by atoms with E-state index in [4.69, 9.17) is 5.73 Å². The van der Waals surface area contributed by atoms with Gasteiger partial charge in [-0.2, -0.15) is 13.2 Å². The van der Waals surface area contributed by atoms with Gasteiger partial charge in [0, 0.05) is 22.2 Å². The maximum absolute atomic E-state index is 13.6. The molecule has 0 saturated carbocycles. The molecule has 0 atom stereocenters. The number of alkyl halides is 3. The zero-order chi connectivity index (χ0) is 14.0. The predicted molar refractivity (Wildman–Crippen MR) is 64.2 cm³/mol. The molecule has 0 aliphatic heterocycles. The number of pyridine rings is 1. The van der Waals surface area contributed by atoms with Crippen molar-refractivity contribution >= 4 is 17.4 Å². The Kier molecular flexibility index (Phi) is 3.66. The van der Waals surface area contributed by atoms with Gasteiger partial charge in [0.05, 0.1) is 11.3 Å². The van der Waals surface area contributed by atoms with Crippen LogP contribution in [0, 0.1) is 5.82 Å². The maximum atomic E-state index is 13.6. The molecule has 2 N–H and O–H groups in total. The molecule has 0 aliphatic rings. The minimum Gasteiger partial charge on any atom is -0.397 e. The molecule has 0 aliphatic carbocycles. The van der Waals surface area contributed by atoms with Crippen LogP contribution < -0.4 is 5.73 Å². The van der Waals surface area contributed by atoms with E-state index in [2.05, 4.69) is 4.98 Å². The van der Waals surface area contributed by atoms with Crippen LogP contribution in [0.3, 0.4) is 0 Å². The van der Waals surface area contributed by atoms with Gasteiger partial charge in [-0.15, -0.1) is 0 Å². The summed E-state index contributed by atoms with van der Waals surface area (Å²) >= 11 is 0.963. The van der Waals surface area contributed by atoms with Crippen LogP contribution in [-0.4, -0.2) is 4.98 Å². The van der Waals surface area contributed by atoms with E-state index in [-0.39, 0.29) is 4.90 Å². The minimum atomic E-state index is -4.55. The molecule has 0 saturated heterocycles. The van der Waals surface area contributed by atoms with Gasteiger partial charge < -0.3 is 5.73 Å². The summed E-state index contributed by atoms with van der Waals surface area (Å²) in [7, 11) is 0. The van der Waals surface area contributed by atoms with Crippen molar-refractivity contribution in [1.82, 2.24) is 4.98 Å². The molecule has 0 unspecified atom stereocenters. The first-order chi connectivity index (χ1) is 8.86. The molecule has 1 heterocycles. The van der Waals surface area contributed by atoms with Crippen molar-refractivity contribution in [2.45, 2.75) is 16.0 Å². The second-order valence-electron chi connectivity index (χ2n) is 3.70. The van der Waals surface area contributed by atoms with Crippen molar-refractivity contribution in [3.05, 3.63) is 48.0 Å². The molecule has 2 aromatic rings. The Morgan fingerprint density at radius 2 is 1.84 bits per heavy atom. The van der Waals surface area contributed by atoms with Crippen LogP contribution in [0.15, 0.2) is 46.5 Å². The smallest absolute Gasteiger partial charge is 0.397 e. The summed E-state index contributed by atoms with van der Waals surface area (Å²) in [6.45, 7) is 0. The third kappa shape index (κ3) is 3.37. The molecule has 0 fully saturated rings. The first kappa shape index (κ1) is 13.7. The highest BCUT2D eigenvalue weighted by Crippen LogP contribution is 2.35. The van der Waals surface area contributed by atoms with Crippen molar-refractivity contribution in [2.24, 2.45) is 0 Å². The van der Waals surface area contributed by atoms with E-state index in [9.17, 15) is 17.6 Å². The number of anilines is 1. The standard InChI is InChI=1S/C12H8F4N2S/c13-10-3-7(12(14,15)16)1-2-11(10)19-9-4-8(17)5-18-6-9/h1-6H,17H2. The van der Waals surface area contributed by atoms with Gasteiger partial charge in [-0.3, -0.25) is 4.98 Å². The fraction of sp³-hybridized carbons (Fsp3) is 0.0833. The van der Waals surface area contributed by atoms with Crippen LogP contribution in [0.2, 0.25) is 0 Å². The Hall–Kier alpha value is -1.76. The van der Waals surface area contributed by atoms with E-state index in [1.165, 1.54) is 12.4 Å². The summed E-state index contributed by atoms with van der Waals surface area (Å²) in [5, 5.41) is 0. The van der Waals surface area contributed by atoms with Crippen LogP contribution in [0.1, 0.15) is 5.56 Å². The average Bonchev–Trinajstić information content (AvgIpc) is 2.30. The first-order valence-corrected chi connectivity index (χ1v) is 5.93. The van der Waals surface area contributed by atoms with E-state index in [1.54, 1.807) is 6.07 Å². The molecule has 7 heteroatoms. The number of nitrogens with two attached hydrogens (primary N) is 1. The Balaban J connectivity index is 2.27. The van der Waals surface area contributed by atoms with Gasteiger partial charge in [-0.05, 0) is 24.3 Å². The monoisotopic (exact) mass is 288 g/mol. The molecule has 1 aromatic carbocycles. The van der Waals surface area contributed by atoms with Gasteiger partial charge in [0.2, 0.25) is 0 Å². The van der Waals surface area contributed by atoms with Crippen molar-refractivity contribution in [3.63, 3.8) is 0 Å². The summed E-state index contributed by atoms with van der Waals surface area (Å²) in [6, 6.07) is 3.97. The SMILES string of the molecule is Nc1cncc(Sc2ccc(C(F)(F)F)cc2F)c1. The summed E-state index contributed by atoms with van der Waals surface area (Å²) in [5.41, 5.74) is 4.90. The Labute approximate surface area is 110 Å². The number of hydrogen-bond donors (Lipinski definition) is 1. The van der Waals surface area contributed by atoms with Crippen LogP contribution >= 0.6 is 11.8 Å². The van der Waals surface area contributed by atoms with Gasteiger partial charge in [0.25, 0.3) is 0 Å². The molecule has 0 amide bonds. The summed E-state index contributed by atoms with van der Waals surface area (Å²) in [5.74, 6) is -0.928. The maximum Gasteiger partial charge on any atom is 0.416 e. The van der Waals surface area contributed by atoms with E-state index in [0.717, 1.165) is 23.9 Å². The van der Waals surface area contributed by atoms with Crippen molar-refractivity contribution in [3.8, 4) is 0 Å². The highest BCUT2D eigenvalue weighted by Gasteiger charge is 2.31. The zero-order valence-electron chi connectivity index (χ0n) is 9.41. The lowest BCUT2D eigenvalue weighted by Gasteiger charge is -2.09. The number of nitrogens with zero attached hydrogens (tertiary/aromatic N) is 1. The van der Waals surface area contributed by atoms with Gasteiger partial charge in [0.15, 0.2) is 0 Å². The summed E-state index contributed by atoms with van der Waals surface area (Å²) in [4.78, 5) is 4.46. The van der Waals surface area contributed by atoms with Crippen molar-refractivity contribution in [1.29, 1.82) is 0 Å². The van der Waals surface area contributed by atoms with Crippen LogP contribution in [-0.2, 0) is 6.18 Å². The highest BCUT2D eigenvalue weighted by atomic mass is 32.2. The van der Waals surface area contributed by atoms with E-state index < -0.39 is 17.6 Å². The zero-order valence-corrected chi connectivity index (χ0v) is 10.2. The quantitative estimate of drug-likeness (QED) is 0.850. The van der Waals surface area contributed by atoms with Crippen molar-refractivity contribution in [2.75, 3.05) is 5.73 Å². The third-order valence-corrected chi connectivity index (χ3v) is 3.23. The Morgan fingerprint density at radius 3 is 2.42 bits per heavy atom. The molecule has 100 valence electrons. The molecule has 2 nitrogen and oxygen atoms in total. The summed E-state index contributed by atoms with van der Waals surface area (Å²) < 4.78 is 50.7. The van der Waals surface area contributed by atoms with Crippen LogP contribution in [0.5, 0.6) is 0 Å². The molecule has 19 heavy (non-hydrogen) atoms. The molecular formula is C12H8F4N2S. The number of halogens is 4. The number of hydrogen-bond acceptors (Lipinski definition) is 3. The van der Waals surface area contributed by atoms with E-state index in [1.807, 2.05) is 0 Å². The van der Waals surface area contributed by atoms with Gasteiger partial charge in [-0.25, -0.2) is 4.39 Å². The molecule has 1 aromatic heterocycles.